The Labute approximate surface area is 204 Å². The van der Waals surface area contributed by atoms with E-state index in [1.165, 1.54) is 36.4 Å². The van der Waals surface area contributed by atoms with Crippen molar-refractivity contribution in [3.05, 3.63) is 87.5 Å². The van der Waals surface area contributed by atoms with Crippen molar-refractivity contribution < 1.29 is 23.9 Å². The largest absolute Gasteiger partial charge is 0.478 e. The average molecular weight is 498 g/mol. The van der Waals surface area contributed by atoms with Gasteiger partial charge in [-0.05, 0) is 74.1 Å². The van der Waals surface area contributed by atoms with Crippen LogP contribution < -0.4 is 10.2 Å². The Morgan fingerprint density at radius 1 is 1.15 bits per heavy atom. The lowest BCUT2D eigenvalue weighted by molar-refractivity contribution is -0.122. The maximum absolute atomic E-state index is 14.4. The Balaban J connectivity index is 1.77. The van der Waals surface area contributed by atoms with Crippen LogP contribution in [0.15, 0.2) is 54.1 Å². The fourth-order valence-corrected chi connectivity index (χ4v) is 4.34. The second kappa shape index (κ2) is 8.85. The first-order valence-electron chi connectivity index (χ1n) is 9.98. The number of hydrogen-bond donors (Lipinski definition) is 2. The van der Waals surface area contributed by atoms with Gasteiger partial charge in [-0.1, -0.05) is 23.7 Å². The predicted molar refractivity (Wildman–Crippen MR) is 130 cm³/mol. The van der Waals surface area contributed by atoms with Crippen molar-refractivity contribution in [1.29, 1.82) is 0 Å². The molecule has 0 radical (unpaired) electrons. The Hall–Kier alpha value is -3.82. The summed E-state index contributed by atoms with van der Waals surface area (Å²) < 4.78 is 16.2. The summed E-state index contributed by atoms with van der Waals surface area (Å²) in [6, 6.07) is 11.9. The van der Waals surface area contributed by atoms with E-state index in [9.17, 15) is 23.9 Å². The number of nitrogens with one attached hydrogen (secondary N) is 1. The van der Waals surface area contributed by atoms with Crippen LogP contribution in [0.5, 0.6) is 0 Å². The van der Waals surface area contributed by atoms with Crippen molar-refractivity contribution in [1.82, 2.24) is 9.88 Å². The molecule has 2 N–H and O–H groups in total. The fourth-order valence-electron chi connectivity index (χ4n) is 3.81. The Morgan fingerprint density at radius 3 is 2.50 bits per heavy atom. The second-order valence-electron chi connectivity index (χ2n) is 7.54. The van der Waals surface area contributed by atoms with Crippen LogP contribution in [-0.4, -0.2) is 32.6 Å². The molecule has 172 valence electrons. The topological polar surface area (TPSA) is 91.6 Å². The van der Waals surface area contributed by atoms with Gasteiger partial charge < -0.3 is 9.67 Å². The number of carboxylic acid groups (broad SMARTS) is 1. The quantitative estimate of drug-likeness (QED) is 0.316. The molecule has 2 aromatic carbocycles. The number of rotatable bonds is 4. The molecule has 34 heavy (non-hydrogen) atoms. The van der Waals surface area contributed by atoms with Crippen molar-refractivity contribution in [2.24, 2.45) is 0 Å². The number of benzene rings is 2. The molecular weight excluding hydrogens is 481 g/mol. The number of hydrogen-bond acceptors (Lipinski definition) is 4. The predicted octanol–water partition coefficient (Wildman–Crippen LogP) is 4.42. The molecular formula is C24H17ClFN3O4S. The van der Waals surface area contributed by atoms with Gasteiger partial charge in [0.1, 0.15) is 11.4 Å². The van der Waals surface area contributed by atoms with Crippen LogP contribution in [-0.2, 0) is 9.59 Å². The highest BCUT2D eigenvalue weighted by molar-refractivity contribution is 7.80. The molecule has 0 saturated carbocycles. The van der Waals surface area contributed by atoms with Gasteiger partial charge in [-0.25, -0.2) is 14.1 Å². The zero-order valence-corrected chi connectivity index (χ0v) is 19.5. The van der Waals surface area contributed by atoms with E-state index in [1.54, 1.807) is 25.1 Å². The second-order valence-corrected chi connectivity index (χ2v) is 8.33. The van der Waals surface area contributed by atoms with Crippen molar-refractivity contribution in [2.45, 2.75) is 13.8 Å². The summed E-state index contributed by atoms with van der Waals surface area (Å²) in [5.41, 5.74) is 2.31. The van der Waals surface area contributed by atoms with E-state index in [0.717, 1.165) is 10.6 Å². The molecule has 2 amide bonds. The highest BCUT2D eigenvalue weighted by atomic mass is 35.5. The number of carbonyl (C=O) groups excluding carboxylic acids is 2. The number of carbonyl (C=O) groups is 3. The van der Waals surface area contributed by atoms with E-state index in [0.29, 0.717) is 16.9 Å². The van der Waals surface area contributed by atoms with Gasteiger partial charge in [-0.3, -0.25) is 14.9 Å². The minimum atomic E-state index is -1.14. The minimum absolute atomic E-state index is 0.0242. The Bertz CT molecular complexity index is 1430. The molecule has 1 aromatic heterocycles. The van der Waals surface area contributed by atoms with Crippen molar-refractivity contribution >= 4 is 58.5 Å². The van der Waals surface area contributed by atoms with E-state index >= 15 is 0 Å². The minimum Gasteiger partial charge on any atom is -0.478 e. The van der Waals surface area contributed by atoms with Gasteiger partial charge >= 0.3 is 5.97 Å². The third-order valence-corrected chi connectivity index (χ3v) is 6.00. The highest BCUT2D eigenvalue weighted by Crippen LogP contribution is 2.28. The third kappa shape index (κ3) is 4.00. The maximum atomic E-state index is 14.4. The summed E-state index contributed by atoms with van der Waals surface area (Å²) in [4.78, 5) is 38.0. The van der Waals surface area contributed by atoms with E-state index in [4.69, 9.17) is 23.8 Å². The fraction of sp³-hybridized carbons (Fsp3) is 0.0833. The number of carboxylic acids is 1. The highest BCUT2D eigenvalue weighted by Gasteiger charge is 2.36. The SMILES string of the molecule is Cc1cc(/C=C2\C(=O)NC(=S)N(c3ccccc3F)C2=O)c(C)n1-c1ccc(C(=O)O)c(Cl)c1. The molecule has 0 spiro atoms. The lowest BCUT2D eigenvalue weighted by Crippen LogP contribution is -2.54. The summed E-state index contributed by atoms with van der Waals surface area (Å²) in [6.07, 6.45) is 1.42. The number of aryl methyl sites for hydroxylation is 1. The number of aromatic carboxylic acids is 1. The van der Waals surface area contributed by atoms with Crippen LogP contribution in [0.2, 0.25) is 5.02 Å². The van der Waals surface area contributed by atoms with Crippen LogP contribution in [0.4, 0.5) is 10.1 Å². The number of para-hydroxylation sites is 1. The summed E-state index contributed by atoms with van der Waals surface area (Å²) in [7, 11) is 0. The summed E-state index contributed by atoms with van der Waals surface area (Å²) in [6.45, 7) is 3.60. The smallest absolute Gasteiger partial charge is 0.337 e. The van der Waals surface area contributed by atoms with Crippen LogP contribution in [0.1, 0.15) is 27.3 Å². The van der Waals surface area contributed by atoms with Gasteiger partial charge in [0.05, 0.1) is 16.3 Å². The molecule has 1 aliphatic rings. The Kier molecular flexibility index (Phi) is 6.07. The van der Waals surface area contributed by atoms with Crippen LogP contribution in [0.25, 0.3) is 11.8 Å². The Morgan fingerprint density at radius 2 is 1.85 bits per heavy atom. The van der Waals surface area contributed by atoms with E-state index in [1.807, 2.05) is 11.5 Å². The number of halogens is 2. The van der Waals surface area contributed by atoms with Crippen LogP contribution in [0, 0.1) is 19.7 Å². The number of anilines is 1. The third-order valence-electron chi connectivity index (χ3n) is 5.41. The van der Waals surface area contributed by atoms with Gasteiger partial charge in [-0.2, -0.15) is 0 Å². The lowest BCUT2D eigenvalue weighted by Gasteiger charge is -2.29. The maximum Gasteiger partial charge on any atom is 0.337 e. The van der Waals surface area contributed by atoms with Gasteiger partial charge in [0, 0.05) is 17.1 Å². The zero-order valence-electron chi connectivity index (χ0n) is 17.9. The van der Waals surface area contributed by atoms with Gasteiger partial charge in [0.2, 0.25) is 0 Å². The van der Waals surface area contributed by atoms with Crippen LogP contribution in [0.3, 0.4) is 0 Å². The first kappa shape index (κ1) is 23.3. The van der Waals surface area contributed by atoms with E-state index < -0.39 is 23.6 Å². The average Bonchev–Trinajstić information content (AvgIpc) is 3.04. The molecule has 4 rings (SSSR count). The first-order chi connectivity index (χ1) is 16.1. The molecule has 0 unspecified atom stereocenters. The van der Waals surface area contributed by atoms with Crippen molar-refractivity contribution in [2.75, 3.05) is 4.90 Å². The summed E-state index contributed by atoms with van der Waals surface area (Å²) >= 11 is 11.2. The van der Waals surface area contributed by atoms with Crippen molar-refractivity contribution in [3.63, 3.8) is 0 Å². The first-order valence-corrected chi connectivity index (χ1v) is 10.8. The summed E-state index contributed by atoms with van der Waals surface area (Å²) in [5, 5.41) is 11.5. The number of thiocarbonyl (C=S) groups is 1. The van der Waals surface area contributed by atoms with Gasteiger partial charge in [-0.15, -0.1) is 0 Å². The molecule has 7 nitrogen and oxygen atoms in total. The van der Waals surface area contributed by atoms with Gasteiger partial charge in [0.15, 0.2) is 5.11 Å². The molecule has 3 aromatic rings. The lowest BCUT2D eigenvalue weighted by atomic mass is 10.1. The number of amides is 2. The zero-order chi connectivity index (χ0) is 24.7. The molecule has 10 heteroatoms. The molecule has 0 atom stereocenters. The summed E-state index contributed by atoms with van der Waals surface area (Å²) in [5.74, 6) is -3.24. The van der Waals surface area contributed by atoms with E-state index in [-0.39, 0.29) is 27.0 Å². The molecule has 0 aliphatic carbocycles. The van der Waals surface area contributed by atoms with Gasteiger partial charge in [0.25, 0.3) is 11.8 Å². The monoisotopic (exact) mass is 497 g/mol. The number of nitrogens with zero attached hydrogens (tertiary/aromatic N) is 2. The molecule has 1 saturated heterocycles. The molecule has 1 fully saturated rings. The number of aromatic nitrogens is 1. The van der Waals surface area contributed by atoms with Crippen LogP contribution >= 0.6 is 23.8 Å². The van der Waals surface area contributed by atoms with Crippen molar-refractivity contribution in [3.8, 4) is 5.69 Å². The molecule has 2 heterocycles. The molecule has 1 aliphatic heterocycles. The molecule has 0 bridgehead atoms. The van der Waals surface area contributed by atoms with E-state index in [2.05, 4.69) is 5.32 Å². The standard InChI is InChI=1S/C24H17ClFN3O4S/c1-12-9-14(13(2)28(12)15-7-8-16(23(32)33)18(25)11-15)10-17-21(30)27-24(34)29(22(17)31)20-6-4-3-5-19(20)26/h3-11H,1-2H3,(H,32,33)(H,27,30,34)/b17-10+. The normalized spacial score (nSPS) is 15.1.